The van der Waals surface area contributed by atoms with Crippen molar-refractivity contribution in [2.24, 2.45) is 0 Å². The summed E-state index contributed by atoms with van der Waals surface area (Å²) in [5, 5.41) is 2.66. The first-order valence-electron chi connectivity index (χ1n) is 7.47. The van der Waals surface area contributed by atoms with Crippen LogP contribution < -0.4 is 5.32 Å². The van der Waals surface area contributed by atoms with Crippen LogP contribution in [0.4, 0.5) is 10.5 Å². The van der Waals surface area contributed by atoms with Gasteiger partial charge in [0.15, 0.2) is 5.78 Å². The molecule has 0 aromatic heterocycles. The molecule has 0 unspecified atom stereocenters. The highest BCUT2D eigenvalue weighted by molar-refractivity contribution is 6.13. The Hall–Kier alpha value is -2.62. The van der Waals surface area contributed by atoms with Gasteiger partial charge in [-0.2, -0.15) is 0 Å². The van der Waals surface area contributed by atoms with Crippen molar-refractivity contribution in [3.8, 4) is 0 Å². The smallest absolute Gasteiger partial charge is 0.412 e. The second-order valence-corrected chi connectivity index (χ2v) is 6.37. The van der Waals surface area contributed by atoms with Crippen molar-refractivity contribution >= 4 is 17.6 Å². The fraction of sp³-hybridized carbons (Fsp3) is 0.263. The molecule has 0 atom stereocenters. The number of hydrogen-bond donors (Lipinski definition) is 1. The topological polar surface area (TPSA) is 55.4 Å². The molecule has 120 valence electrons. The summed E-state index contributed by atoms with van der Waals surface area (Å²) in [5.41, 5.74) is 1.81. The molecule has 0 spiro atoms. The van der Waals surface area contributed by atoms with Crippen LogP contribution in [0, 0.1) is 6.92 Å². The lowest BCUT2D eigenvalue weighted by Gasteiger charge is -2.20. The number of anilines is 1. The maximum absolute atomic E-state index is 12.7. The number of carbonyl (C=O) groups is 2. The Bertz CT molecular complexity index is 715. The Balaban J connectivity index is 2.31. The van der Waals surface area contributed by atoms with Crippen LogP contribution in [-0.4, -0.2) is 17.5 Å². The number of ketones is 1. The van der Waals surface area contributed by atoms with Crippen LogP contribution in [0.25, 0.3) is 0 Å². The predicted octanol–water partition coefficient (Wildman–Crippen LogP) is 4.57. The molecule has 2 aromatic carbocycles. The molecule has 4 heteroatoms. The number of benzene rings is 2. The molecule has 0 aliphatic rings. The van der Waals surface area contributed by atoms with Crippen LogP contribution in [0.15, 0.2) is 48.5 Å². The van der Waals surface area contributed by atoms with E-state index in [4.69, 9.17) is 4.74 Å². The molecule has 0 aliphatic heterocycles. The quantitative estimate of drug-likeness (QED) is 0.845. The van der Waals surface area contributed by atoms with E-state index in [0.29, 0.717) is 16.8 Å². The van der Waals surface area contributed by atoms with Gasteiger partial charge in [0.05, 0.1) is 5.69 Å². The monoisotopic (exact) mass is 311 g/mol. The van der Waals surface area contributed by atoms with Gasteiger partial charge in [-0.05, 0) is 39.8 Å². The van der Waals surface area contributed by atoms with Crippen LogP contribution >= 0.6 is 0 Å². The highest BCUT2D eigenvalue weighted by Crippen LogP contribution is 2.22. The molecule has 2 rings (SSSR count). The number of nitrogens with one attached hydrogen (secondary N) is 1. The molecule has 0 radical (unpaired) electrons. The summed E-state index contributed by atoms with van der Waals surface area (Å²) in [7, 11) is 0. The molecule has 1 N–H and O–H groups in total. The Morgan fingerprint density at radius 2 is 1.65 bits per heavy atom. The van der Waals surface area contributed by atoms with Gasteiger partial charge in [-0.25, -0.2) is 4.79 Å². The van der Waals surface area contributed by atoms with Gasteiger partial charge in [-0.15, -0.1) is 0 Å². The Morgan fingerprint density at radius 1 is 1.00 bits per heavy atom. The fourth-order valence-corrected chi connectivity index (χ4v) is 2.11. The number of carbonyl (C=O) groups excluding carboxylic acids is 2. The molecule has 0 fully saturated rings. The molecule has 23 heavy (non-hydrogen) atoms. The third-order valence-corrected chi connectivity index (χ3v) is 3.09. The number of aryl methyl sites for hydroxylation is 1. The molecule has 0 saturated heterocycles. The minimum absolute atomic E-state index is 0.139. The highest BCUT2D eigenvalue weighted by atomic mass is 16.6. The Labute approximate surface area is 136 Å². The molecule has 0 bridgehead atoms. The maximum Gasteiger partial charge on any atom is 0.412 e. The number of ether oxygens (including phenoxy) is 1. The summed E-state index contributed by atoms with van der Waals surface area (Å²) in [6, 6.07) is 14.3. The van der Waals surface area contributed by atoms with Crippen molar-refractivity contribution in [2.45, 2.75) is 33.3 Å². The van der Waals surface area contributed by atoms with Gasteiger partial charge in [0.25, 0.3) is 0 Å². The average molecular weight is 311 g/mol. The van der Waals surface area contributed by atoms with Gasteiger partial charge in [-0.3, -0.25) is 10.1 Å². The second kappa shape index (κ2) is 6.65. The van der Waals surface area contributed by atoms with Crippen molar-refractivity contribution in [3.05, 3.63) is 65.2 Å². The summed E-state index contributed by atoms with van der Waals surface area (Å²) in [6.07, 6.45) is -0.580. The largest absolute Gasteiger partial charge is 0.444 e. The van der Waals surface area contributed by atoms with Crippen molar-refractivity contribution in [1.82, 2.24) is 0 Å². The van der Waals surface area contributed by atoms with E-state index in [0.717, 1.165) is 5.56 Å². The second-order valence-electron chi connectivity index (χ2n) is 6.37. The van der Waals surface area contributed by atoms with E-state index in [1.807, 2.05) is 31.2 Å². The van der Waals surface area contributed by atoms with E-state index < -0.39 is 11.7 Å². The standard InChI is InChI=1S/C19H21NO3/c1-13-10-11-16(20-18(22)23-19(2,3)4)15(12-13)17(21)14-8-6-5-7-9-14/h5-12H,1-4H3,(H,20,22). The molecule has 0 saturated carbocycles. The third kappa shape index (κ3) is 4.68. The number of rotatable bonds is 3. The summed E-state index contributed by atoms with van der Waals surface area (Å²) in [5.74, 6) is -0.139. The van der Waals surface area contributed by atoms with Gasteiger partial charge in [0.1, 0.15) is 5.60 Å². The molecule has 0 aliphatic carbocycles. The average Bonchev–Trinajstić information content (AvgIpc) is 2.47. The summed E-state index contributed by atoms with van der Waals surface area (Å²) >= 11 is 0. The highest BCUT2D eigenvalue weighted by Gasteiger charge is 2.19. The number of amides is 1. The van der Waals surface area contributed by atoms with Crippen LogP contribution in [0.3, 0.4) is 0 Å². The lowest BCUT2D eigenvalue weighted by atomic mass is 10.00. The molecule has 4 nitrogen and oxygen atoms in total. The fourth-order valence-electron chi connectivity index (χ4n) is 2.11. The van der Waals surface area contributed by atoms with Crippen molar-refractivity contribution in [1.29, 1.82) is 0 Å². The van der Waals surface area contributed by atoms with E-state index in [1.165, 1.54) is 0 Å². The minimum atomic E-state index is -0.599. The molecular formula is C19H21NO3. The van der Waals surface area contributed by atoms with Crippen molar-refractivity contribution in [3.63, 3.8) is 0 Å². The summed E-state index contributed by atoms with van der Waals surface area (Å²) < 4.78 is 5.25. The van der Waals surface area contributed by atoms with Gasteiger partial charge in [0, 0.05) is 11.1 Å². The lowest BCUT2D eigenvalue weighted by Crippen LogP contribution is -2.27. The summed E-state index contributed by atoms with van der Waals surface area (Å²) in [6.45, 7) is 7.27. The zero-order chi connectivity index (χ0) is 17.0. The van der Waals surface area contributed by atoms with Crippen molar-refractivity contribution in [2.75, 3.05) is 5.32 Å². The van der Waals surface area contributed by atoms with E-state index in [2.05, 4.69) is 5.32 Å². The van der Waals surface area contributed by atoms with Gasteiger partial charge < -0.3 is 4.74 Å². The first-order chi connectivity index (χ1) is 10.8. The predicted molar refractivity (Wildman–Crippen MR) is 90.9 cm³/mol. The minimum Gasteiger partial charge on any atom is -0.444 e. The molecular weight excluding hydrogens is 290 g/mol. The maximum atomic E-state index is 12.7. The van der Waals surface area contributed by atoms with E-state index in [-0.39, 0.29) is 5.78 Å². The van der Waals surface area contributed by atoms with Crippen molar-refractivity contribution < 1.29 is 14.3 Å². The van der Waals surface area contributed by atoms with Gasteiger partial charge in [-0.1, -0.05) is 42.0 Å². The molecule has 2 aromatic rings. The SMILES string of the molecule is Cc1ccc(NC(=O)OC(C)(C)C)c(C(=O)c2ccccc2)c1. The first-order valence-corrected chi connectivity index (χ1v) is 7.47. The Kier molecular flexibility index (Phi) is 4.84. The van der Waals surface area contributed by atoms with E-state index in [9.17, 15) is 9.59 Å². The van der Waals surface area contributed by atoms with Crippen LogP contribution in [-0.2, 0) is 4.74 Å². The van der Waals surface area contributed by atoms with Gasteiger partial charge >= 0.3 is 6.09 Å². The van der Waals surface area contributed by atoms with Crippen LogP contribution in [0.5, 0.6) is 0 Å². The zero-order valence-corrected chi connectivity index (χ0v) is 13.8. The van der Waals surface area contributed by atoms with E-state index >= 15 is 0 Å². The normalized spacial score (nSPS) is 11.0. The number of hydrogen-bond acceptors (Lipinski definition) is 3. The molecule has 0 heterocycles. The Morgan fingerprint density at radius 3 is 2.26 bits per heavy atom. The van der Waals surface area contributed by atoms with E-state index in [1.54, 1.807) is 45.0 Å². The first kappa shape index (κ1) is 16.7. The molecule has 1 amide bonds. The lowest BCUT2D eigenvalue weighted by molar-refractivity contribution is 0.0636. The van der Waals surface area contributed by atoms with Crippen LogP contribution in [0.2, 0.25) is 0 Å². The van der Waals surface area contributed by atoms with Gasteiger partial charge in [0.2, 0.25) is 0 Å². The summed E-state index contributed by atoms with van der Waals surface area (Å²) in [4.78, 5) is 24.7. The third-order valence-electron chi connectivity index (χ3n) is 3.09. The van der Waals surface area contributed by atoms with Crippen LogP contribution in [0.1, 0.15) is 42.3 Å². The zero-order valence-electron chi connectivity index (χ0n) is 13.8.